The molecule has 1 aliphatic carbocycles. The van der Waals surface area contributed by atoms with Gasteiger partial charge in [-0.3, -0.25) is 9.52 Å². The first-order valence-electron chi connectivity index (χ1n) is 7.38. The number of hydrogen-bond acceptors (Lipinski definition) is 4. The van der Waals surface area contributed by atoms with Crippen molar-refractivity contribution in [2.24, 2.45) is 11.7 Å². The van der Waals surface area contributed by atoms with Crippen LogP contribution in [0.3, 0.4) is 0 Å². The summed E-state index contributed by atoms with van der Waals surface area (Å²) in [5.41, 5.74) is 7.77. The number of nitrogens with one attached hydrogen (secondary N) is 2. The Hall–Kier alpha value is -1.31. The number of carbonyl (C=O) groups is 1. The molecule has 0 aliphatic heterocycles. The third-order valence-corrected chi connectivity index (χ3v) is 4.50. The number of anilines is 2. The maximum Gasteiger partial charge on any atom is 0.229 e. The van der Waals surface area contributed by atoms with Gasteiger partial charge in [0.2, 0.25) is 15.9 Å². The predicted molar refractivity (Wildman–Crippen MR) is 95.5 cm³/mol. The minimum atomic E-state index is -3.40. The van der Waals surface area contributed by atoms with Gasteiger partial charge in [-0.05, 0) is 43.4 Å². The Morgan fingerprint density at radius 2 is 2.00 bits per heavy atom. The van der Waals surface area contributed by atoms with Crippen molar-refractivity contribution in [1.82, 2.24) is 0 Å². The van der Waals surface area contributed by atoms with Crippen LogP contribution in [0.15, 0.2) is 18.2 Å². The number of carbonyl (C=O) groups excluding carboxylic acids is 1. The topological polar surface area (TPSA) is 101 Å². The van der Waals surface area contributed by atoms with Crippen molar-refractivity contribution in [2.75, 3.05) is 16.3 Å². The minimum absolute atomic E-state index is 0. The molecule has 1 fully saturated rings. The molecule has 0 bridgehead atoms. The van der Waals surface area contributed by atoms with E-state index in [1.54, 1.807) is 18.2 Å². The normalized spacial score (nSPS) is 20.7. The van der Waals surface area contributed by atoms with Crippen molar-refractivity contribution in [3.8, 4) is 0 Å². The van der Waals surface area contributed by atoms with E-state index >= 15 is 0 Å². The molecule has 0 aromatic heterocycles. The molecule has 130 valence electrons. The van der Waals surface area contributed by atoms with Crippen molar-refractivity contribution in [3.63, 3.8) is 0 Å². The van der Waals surface area contributed by atoms with E-state index < -0.39 is 10.0 Å². The fourth-order valence-corrected chi connectivity index (χ4v) is 3.39. The molecular formula is C15H24ClN3O3S. The molecule has 1 amide bonds. The number of sulfonamides is 1. The third kappa shape index (κ3) is 6.01. The molecule has 2 rings (SSSR count). The lowest BCUT2D eigenvalue weighted by molar-refractivity contribution is -0.117. The highest BCUT2D eigenvalue weighted by Gasteiger charge is 2.26. The van der Waals surface area contributed by atoms with Crippen LogP contribution in [0.25, 0.3) is 0 Å². The van der Waals surface area contributed by atoms with E-state index in [1.165, 1.54) is 0 Å². The number of aryl methyl sites for hydroxylation is 1. The van der Waals surface area contributed by atoms with Gasteiger partial charge in [0.1, 0.15) is 0 Å². The van der Waals surface area contributed by atoms with Gasteiger partial charge in [0.25, 0.3) is 0 Å². The smallest absolute Gasteiger partial charge is 0.229 e. The van der Waals surface area contributed by atoms with Gasteiger partial charge in [-0.2, -0.15) is 0 Å². The van der Waals surface area contributed by atoms with Crippen molar-refractivity contribution >= 4 is 39.7 Å². The highest BCUT2D eigenvalue weighted by atomic mass is 35.5. The molecule has 0 radical (unpaired) electrons. The Morgan fingerprint density at radius 1 is 1.30 bits per heavy atom. The molecule has 1 aliphatic rings. The zero-order valence-electron chi connectivity index (χ0n) is 13.3. The van der Waals surface area contributed by atoms with Crippen LogP contribution in [0.2, 0.25) is 0 Å². The fourth-order valence-electron chi connectivity index (χ4n) is 2.81. The Bertz CT molecular complexity index is 664. The lowest BCUT2D eigenvalue weighted by Crippen LogP contribution is -2.28. The zero-order valence-corrected chi connectivity index (χ0v) is 15.0. The molecule has 4 N–H and O–H groups in total. The largest absolute Gasteiger partial charge is 0.327 e. The van der Waals surface area contributed by atoms with Gasteiger partial charge in [-0.1, -0.05) is 12.5 Å². The summed E-state index contributed by atoms with van der Waals surface area (Å²) >= 11 is 0. The van der Waals surface area contributed by atoms with E-state index in [4.69, 9.17) is 5.73 Å². The molecule has 1 aromatic rings. The van der Waals surface area contributed by atoms with Crippen LogP contribution in [0, 0.1) is 12.8 Å². The highest BCUT2D eigenvalue weighted by Crippen LogP contribution is 2.28. The Morgan fingerprint density at radius 3 is 2.57 bits per heavy atom. The molecule has 6 nitrogen and oxygen atoms in total. The molecule has 0 unspecified atom stereocenters. The maximum atomic E-state index is 12.2. The van der Waals surface area contributed by atoms with Gasteiger partial charge in [0, 0.05) is 12.5 Å². The lowest BCUT2D eigenvalue weighted by Gasteiger charge is -2.17. The quantitative estimate of drug-likeness (QED) is 0.748. The van der Waals surface area contributed by atoms with E-state index in [0.717, 1.165) is 31.1 Å². The SMILES string of the molecule is Cc1ccc(NS(C)(=O)=O)c(NC(=O)C[C@@H]2CCC[C@H]2N)c1.Cl. The second kappa shape index (κ2) is 7.99. The summed E-state index contributed by atoms with van der Waals surface area (Å²) in [5.74, 6) is 0.0700. The summed E-state index contributed by atoms with van der Waals surface area (Å²) in [6.07, 6.45) is 4.44. The standard InChI is InChI=1S/C15H23N3O3S.ClH/c1-10-6-7-13(18-22(2,20)21)14(8-10)17-15(19)9-11-4-3-5-12(11)16;/h6-8,11-12,18H,3-5,9,16H2,1-2H3,(H,17,19);1H/t11-,12+;/m0./s1. The predicted octanol–water partition coefficient (Wildman–Crippen LogP) is 2.24. The number of halogens is 1. The van der Waals surface area contributed by atoms with E-state index in [-0.39, 0.29) is 30.3 Å². The van der Waals surface area contributed by atoms with Gasteiger partial charge < -0.3 is 11.1 Å². The first-order valence-corrected chi connectivity index (χ1v) is 9.27. The van der Waals surface area contributed by atoms with Gasteiger partial charge in [-0.25, -0.2) is 8.42 Å². The highest BCUT2D eigenvalue weighted by molar-refractivity contribution is 7.92. The average Bonchev–Trinajstić information content (AvgIpc) is 2.77. The molecule has 0 saturated heterocycles. The Labute approximate surface area is 143 Å². The van der Waals surface area contributed by atoms with Crippen LogP contribution in [0.5, 0.6) is 0 Å². The Balaban J connectivity index is 0.00000264. The maximum absolute atomic E-state index is 12.2. The van der Waals surface area contributed by atoms with Crippen LogP contribution in [0.4, 0.5) is 11.4 Å². The van der Waals surface area contributed by atoms with Crippen LogP contribution >= 0.6 is 12.4 Å². The lowest BCUT2D eigenvalue weighted by atomic mass is 10.00. The van der Waals surface area contributed by atoms with Gasteiger partial charge in [0.15, 0.2) is 0 Å². The first kappa shape index (κ1) is 19.7. The summed E-state index contributed by atoms with van der Waals surface area (Å²) in [7, 11) is -3.40. The first-order chi connectivity index (χ1) is 10.2. The van der Waals surface area contributed by atoms with Crippen molar-refractivity contribution in [3.05, 3.63) is 23.8 Å². The zero-order chi connectivity index (χ0) is 16.3. The summed E-state index contributed by atoms with van der Waals surface area (Å²) < 4.78 is 25.2. The van der Waals surface area contributed by atoms with Gasteiger partial charge in [0.05, 0.1) is 17.6 Å². The van der Waals surface area contributed by atoms with Gasteiger partial charge in [-0.15, -0.1) is 12.4 Å². The summed E-state index contributed by atoms with van der Waals surface area (Å²) in [6, 6.07) is 5.26. The van der Waals surface area contributed by atoms with E-state index in [0.29, 0.717) is 17.8 Å². The van der Waals surface area contributed by atoms with Gasteiger partial charge >= 0.3 is 0 Å². The summed E-state index contributed by atoms with van der Waals surface area (Å²) in [5, 5.41) is 2.80. The summed E-state index contributed by atoms with van der Waals surface area (Å²) in [4.78, 5) is 12.2. The molecule has 1 saturated carbocycles. The summed E-state index contributed by atoms with van der Waals surface area (Å²) in [6.45, 7) is 1.88. The number of hydrogen-bond donors (Lipinski definition) is 3. The molecule has 2 atom stereocenters. The van der Waals surface area contributed by atoms with Crippen molar-refractivity contribution in [2.45, 2.75) is 38.6 Å². The van der Waals surface area contributed by atoms with Crippen LogP contribution in [-0.4, -0.2) is 26.6 Å². The number of rotatable bonds is 5. The van der Waals surface area contributed by atoms with Crippen molar-refractivity contribution in [1.29, 1.82) is 0 Å². The van der Waals surface area contributed by atoms with Crippen LogP contribution < -0.4 is 15.8 Å². The number of benzene rings is 1. The van der Waals surface area contributed by atoms with Crippen molar-refractivity contribution < 1.29 is 13.2 Å². The molecule has 0 spiro atoms. The average molecular weight is 362 g/mol. The van der Waals surface area contributed by atoms with E-state index in [9.17, 15) is 13.2 Å². The molecule has 1 aromatic carbocycles. The van der Waals surface area contributed by atoms with Crippen LogP contribution in [0.1, 0.15) is 31.2 Å². The fraction of sp³-hybridized carbons (Fsp3) is 0.533. The monoisotopic (exact) mass is 361 g/mol. The molecular weight excluding hydrogens is 338 g/mol. The van der Waals surface area contributed by atoms with E-state index in [1.807, 2.05) is 6.92 Å². The third-order valence-electron chi connectivity index (χ3n) is 3.91. The number of amides is 1. The second-order valence-corrected chi connectivity index (χ2v) is 7.78. The van der Waals surface area contributed by atoms with Crippen LogP contribution in [-0.2, 0) is 14.8 Å². The van der Waals surface area contributed by atoms with E-state index in [2.05, 4.69) is 10.0 Å². The Kier molecular flexibility index (Phi) is 6.85. The second-order valence-electron chi connectivity index (χ2n) is 6.03. The number of nitrogens with two attached hydrogens (primary N) is 1. The molecule has 0 heterocycles. The molecule has 23 heavy (non-hydrogen) atoms. The minimum Gasteiger partial charge on any atom is -0.327 e. The molecule has 8 heteroatoms.